The molecule has 0 unspecified atom stereocenters. The molecule has 0 aliphatic rings. The van der Waals surface area contributed by atoms with Crippen molar-refractivity contribution in [3.63, 3.8) is 0 Å². The van der Waals surface area contributed by atoms with Crippen molar-refractivity contribution in [2.75, 3.05) is 5.32 Å². The van der Waals surface area contributed by atoms with Gasteiger partial charge in [-0.1, -0.05) is 32.0 Å². The predicted octanol–water partition coefficient (Wildman–Crippen LogP) is 0.740. The van der Waals surface area contributed by atoms with E-state index in [4.69, 9.17) is 9.97 Å². The zero-order valence-electron chi connectivity index (χ0n) is 22.5. The van der Waals surface area contributed by atoms with Crippen LogP contribution < -0.4 is 40.0 Å². The average molecular weight is 554 g/mol. The molecule has 2 atom stereocenters. The maximum Gasteiger partial charge on any atom is 1.00 e. The van der Waals surface area contributed by atoms with E-state index in [1.165, 1.54) is 18.2 Å². The van der Waals surface area contributed by atoms with Gasteiger partial charge in [0, 0.05) is 48.4 Å². The van der Waals surface area contributed by atoms with Crippen molar-refractivity contribution < 1.29 is 54.1 Å². The molecule has 3 N–H and O–H groups in total. The minimum atomic E-state index is -1.40. The number of para-hydroxylation sites is 1. The number of aliphatic carboxylic acids is 1. The van der Waals surface area contributed by atoms with Crippen molar-refractivity contribution in [1.29, 1.82) is 0 Å². The fourth-order valence-electron chi connectivity index (χ4n) is 4.08. The Hall–Kier alpha value is -3.41. The van der Waals surface area contributed by atoms with Crippen LogP contribution in [0.15, 0.2) is 72.9 Å². The summed E-state index contributed by atoms with van der Waals surface area (Å²) in [5.74, 6) is -0.813. The van der Waals surface area contributed by atoms with Crippen LogP contribution >= 0.6 is 0 Å². The average Bonchev–Trinajstić information content (AvgIpc) is 3.28. The molecule has 4 aromatic rings. The fraction of sp³-hybridized carbons (Fsp3) is 0.241. The van der Waals surface area contributed by atoms with Gasteiger partial charge in [0.1, 0.15) is 11.6 Å². The van der Waals surface area contributed by atoms with E-state index in [2.05, 4.69) is 10.3 Å². The predicted molar refractivity (Wildman–Crippen MR) is 144 cm³/mol. The Balaban J connectivity index is 0.00000441. The molecule has 202 valence electrons. The van der Waals surface area contributed by atoms with E-state index in [-0.39, 0.29) is 47.7 Å². The fourth-order valence-corrected chi connectivity index (χ4v) is 4.08. The van der Waals surface area contributed by atoms with Crippen molar-refractivity contribution in [2.24, 2.45) is 0 Å². The number of imidazole rings is 1. The number of carboxylic acid groups (broad SMARTS) is 1. The molecule has 0 radical (unpaired) electrons. The number of halogens is 1. The Morgan fingerprint density at radius 3 is 2.42 bits per heavy atom. The molecule has 4 rings (SSSR count). The first-order valence-corrected chi connectivity index (χ1v) is 12.5. The van der Waals surface area contributed by atoms with Crippen molar-refractivity contribution in [3.8, 4) is 22.6 Å². The number of carbonyl (C=O) groups excluding carboxylic acids is 1. The van der Waals surface area contributed by atoms with Crippen LogP contribution in [0.2, 0.25) is 0 Å². The third kappa shape index (κ3) is 8.06. The standard InChI is InChI=1S/C29H30FN5O4.Na/c1-18(2)28-34-26(19-8-10-20(30)11-9-19)27(35(28)15-13-22(36)16-23(37)17-25(38)39)24-12-14-31-29(33-24)32-21-6-4-3-5-7-21;/h3-15,18,22-23,36-37H,16-17H2,1-2H3,(H,38,39)(H,31,32,33);/q;+1/p-1/b15-13+;/t22-,23-;/m1./s1. The van der Waals surface area contributed by atoms with Crippen molar-refractivity contribution in [2.45, 2.75) is 44.8 Å². The van der Waals surface area contributed by atoms with Gasteiger partial charge in [0.2, 0.25) is 5.95 Å². The van der Waals surface area contributed by atoms with E-state index in [0.717, 1.165) is 5.69 Å². The largest absolute Gasteiger partial charge is 1.00 e. The summed E-state index contributed by atoms with van der Waals surface area (Å²) < 4.78 is 15.5. The van der Waals surface area contributed by atoms with E-state index < -0.39 is 24.6 Å². The minimum absolute atomic E-state index is 0. The van der Waals surface area contributed by atoms with Crippen LogP contribution in [0.3, 0.4) is 0 Å². The summed E-state index contributed by atoms with van der Waals surface area (Å²) in [7, 11) is 0. The summed E-state index contributed by atoms with van der Waals surface area (Å²) in [6.45, 7) is 3.93. The Labute approximate surface area is 253 Å². The second-order valence-electron chi connectivity index (χ2n) is 9.33. The van der Waals surface area contributed by atoms with Crippen LogP contribution in [0.4, 0.5) is 16.0 Å². The number of aromatic nitrogens is 4. The van der Waals surface area contributed by atoms with Gasteiger partial charge < -0.3 is 30.0 Å². The monoisotopic (exact) mass is 553 g/mol. The molecule has 2 aromatic carbocycles. The first-order valence-electron chi connectivity index (χ1n) is 12.5. The Kier molecular flexibility index (Phi) is 11.1. The van der Waals surface area contributed by atoms with E-state index >= 15 is 0 Å². The minimum Gasteiger partial charge on any atom is -0.550 e. The van der Waals surface area contributed by atoms with Gasteiger partial charge in [0.05, 0.1) is 29.3 Å². The Morgan fingerprint density at radius 1 is 1.07 bits per heavy atom. The number of benzene rings is 2. The number of hydrogen-bond acceptors (Lipinski definition) is 8. The smallest absolute Gasteiger partial charge is 0.550 e. The van der Waals surface area contributed by atoms with Crippen LogP contribution in [0.5, 0.6) is 0 Å². The van der Waals surface area contributed by atoms with E-state index in [1.807, 2.05) is 44.2 Å². The number of aliphatic hydroxyl groups excluding tert-OH is 2. The zero-order chi connectivity index (χ0) is 27.9. The number of nitrogens with one attached hydrogen (secondary N) is 1. The second kappa shape index (κ2) is 14.3. The van der Waals surface area contributed by atoms with Crippen LogP contribution in [-0.4, -0.2) is 47.9 Å². The van der Waals surface area contributed by atoms with Gasteiger partial charge in [-0.05, 0) is 48.5 Å². The van der Waals surface area contributed by atoms with Gasteiger partial charge in [-0.2, -0.15) is 0 Å². The first-order chi connectivity index (χ1) is 18.7. The van der Waals surface area contributed by atoms with Gasteiger partial charge in [0.25, 0.3) is 0 Å². The molecule has 0 saturated heterocycles. The van der Waals surface area contributed by atoms with Crippen molar-refractivity contribution in [1.82, 2.24) is 19.5 Å². The third-order valence-electron chi connectivity index (χ3n) is 5.87. The molecule has 0 aliphatic carbocycles. The number of carbonyl (C=O) groups is 1. The molecule has 11 heteroatoms. The van der Waals surface area contributed by atoms with E-state index in [1.54, 1.807) is 35.2 Å². The number of anilines is 2. The molecule has 0 spiro atoms. The summed E-state index contributed by atoms with van der Waals surface area (Å²) in [5.41, 5.74) is 3.14. The van der Waals surface area contributed by atoms with Crippen LogP contribution in [-0.2, 0) is 4.79 Å². The number of rotatable bonds is 11. The van der Waals surface area contributed by atoms with Crippen LogP contribution in [0, 0.1) is 5.82 Å². The number of aliphatic hydroxyl groups is 2. The quantitative estimate of drug-likeness (QED) is 0.232. The molecule has 2 aromatic heterocycles. The summed E-state index contributed by atoms with van der Waals surface area (Å²) in [6, 6.07) is 17.2. The Bertz CT molecular complexity index is 1440. The van der Waals surface area contributed by atoms with E-state index in [0.29, 0.717) is 34.4 Å². The zero-order valence-corrected chi connectivity index (χ0v) is 24.5. The van der Waals surface area contributed by atoms with Crippen molar-refractivity contribution in [3.05, 3.63) is 84.6 Å². The first kappa shape index (κ1) is 31.1. The van der Waals surface area contributed by atoms with Gasteiger partial charge in [-0.15, -0.1) is 0 Å². The molecular weight excluding hydrogens is 524 g/mol. The SMILES string of the molecule is CC(C)c1nc(-c2ccc(F)cc2)c(-c2ccnc(Nc3ccccc3)n2)n1/C=C/[C@@H](O)C[C@@H](O)CC(=O)[O-].[Na+]. The topological polar surface area (TPSA) is 136 Å². The number of nitrogens with zero attached hydrogens (tertiary/aromatic N) is 4. The second-order valence-corrected chi connectivity index (χ2v) is 9.33. The molecule has 9 nitrogen and oxygen atoms in total. The van der Waals surface area contributed by atoms with Gasteiger partial charge in [-0.3, -0.25) is 0 Å². The number of carboxylic acids is 1. The molecule has 0 bridgehead atoms. The molecule has 0 fully saturated rings. The van der Waals surface area contributed by atoms with Gasteiger partial charge in [-0.25, -0.2) is 19.3 Å². The normalized spacial score (nSPS) is 12.8. The maximum atomic E-state index is 13.7. The summed E-state index contributed by atoms with van der Waals surface area (Å²) in [5, 5.41) is 34.3. The maximum absolute atomic E-state index is 13.7. The van der Waals surface area contributed by atoms with Gasteiger partial charge in [0.15, 0.2) is 0 Å². The van der Waals surface area contributed by atoms with Crippen LogP contribution in [0.25, 0.3) is 28.8 Å². The number of hydrogen-bond donors (Lipinski definition) is 3. The molecular formula is C29H29FN5NaO4. The molecule has 0 aliphatic heterocycles. The van der Waals surface area contributed by atoms with Crippen LogP contribution in [0.1, 0.15) is 38.4 Å². The van der Waals surface area contributed by atoms with E-state index in [9.17, 15) is 24.5 Å². The van der Waals surface area contributed by atoms with Gasteiger partial charge >= 0.3 is 29.6 Å². The summed E-state index contributed by atoms with van der Waals surface area (Å²) in [4.78, 5) is 24.7. The Morgan fingerprint density at radius 2 is 1.77 bits per heavy atom. The molecule has 2 heterocycles. The molecule has 40 heavy (non-hydrogen) atoms. The molecule has 0 saturated carbocycles. The summed E-state index contributed by atoms with van der Waals surface area (Å²) in [6.07, 6.45) is 1.53. The third-order valence-corrected chi connectivity index (χ3v) is 5.87. The summed E-state index contributed by atoms with van der Waals surface area (Å²) >= 11 is 0. The van der Waals surface area contributed by atoms with Crippen molar-refractivity contribution >= 4 is 23.8 Å². The molecule has 0 amide bonds.